The molecule has 0 saturated carbocycles. The Morgan fingerprint density at radius 3 is 2.28 bits per heavy atom. The third-order valence-electron chi connectivity index (χ3n) is 6.09. The Morgan fingerprint density at radius 2 is 1.64 bits per heavy atom. The minimum absolute atomic E-state index is 0.200. The molecule has 0 unspecified atom stereocenters. The summed E-state index contributed by atoms with van der Waals surface area (Å²) in [5.41, 5.74) is -0.500. The normalized spacial score (nSPS) is 15.4. The fraction of sp³-hybridized carbons (Fsp3) is 0.520. The van der Waals surface area contributed by atoms with Gasteiger partial charge in [0, 0.05) is 56.8 Å². The maximum atomic E-state index is 13.4. The molecule has 3 aromatic rings. The molecule has 1 aromatic carbocycles. The summed E-state index contributed by atoms with van der Waals surface area (Å²) in [7, 11) is 1.87. The van der Waals surface area contributed by atoms with Gasteiger partial charge in [-0.25, -0.2) is 9.97 Å². The monoisotopic (exact) mass is 503 g/mol. The van der Waals surface area contributed by atoms with Crippen molar-refractivity contribution < 1.29 is 17.9 Å². The molecule has 11 heteroatoms. The summed E-state index contributed by atoms with van der Waals surface area (Å²) in [6, 6.07) is 11.3. The molecule has 0 aliphatic carbocycles. The molecular formula is C25H32F3N7O. The van der Waals surface area contributed by atoms with E-state index in [0.29, 0.717) is 31.5 Å². The zero-order valence-corrected chi connectivity index (χ0v) is 21.1. The van der Waals surface area contributed by atoms with Crippen molar-refractivity contribution >= 4 is 5.82 Å². The van der Waals surface area contributed by atoms with Crippen molar-refractivity contribution in [2.24, 2.45) is 7.05 Å². The molecule has 1 saturated heterocycles. The van der Waals surface area contributed by atoms with Gasteiger partial charge in [-0.05, 0) is 6.42 Å². The fourth-order valence-corrected chi connectivity index (χ4v) is 4.01. The van der Waals surface area contributed by atoms with E-state index in [1.165, 1.54) is 0 Å². The quantitative estimate of drug-likeness (QED) is 0.448. The number of aromatic nitrogens is 5. The molecule has 36 heavy (non-hydrogen) atoms. The van der Waals surface area contributed by atoms with E-state index in [-0.39, 0.29) is 5.82 Å². The summed E-state index contributed by atoms with van der Waals surface area (Å²) >= 11 is 0. The first kappa shape index (κ1) is 25.9. The van der Waals surface area contributed by atoms with E-state index >= 15 is 0 Å². The zero-order chi connectivity index (χ0) is 25.9. The Labute approximate surface area is 209 Å². The number of hydrogen-bond acceptors (Lipinski definition) is 7. The molecule has 194 valence electrons. The van der Waals surface area contributed by atoms with Crippen molar-refractivity contribution in [3.63, 3.8) is 0 Å². The van der Waals surface area contributed by atoms with E-state index in [1.807, 2.05) is 67.6 Å². The molecular weight excluding hydrogens is 471 g/mol. The van der Waals surface area contributed by atoms with Crippen LogP contribution in [0.3, 0.4) is 0 Å². The van der Waals surface area contributed by atoms with Crippen LogP contribution in [0.4, 0.5) is 19.0 Å². The first-order chi connectivity index (χ1) is 17.0. The maximum Gasteiger partial charge on any atom is 0.433 e. The molecule has 0 atom stereocenters. The molecule has 0 bridgehead atoms. The van der Waals surface area contributed by atoms with Crippen LogP contribution in [0.25, 0.3) is 11.4 Å². The van der Waals surface area contributed by atoms with Gasteiger partial charge in [0.2, 0.25) is 0 Å². The van der Waals surface area contributed by atoms with Crippen LogP contribution < -0.4 is 9.64 Å². The van der Waals surface area contributed by atoms with E-state index in [9.17, 15) is 13.2 Å². The Bertz CT molecular complexity index is 1120. The topological polar surface area (TPSA) is 72.2 Å². The number of piperazine rings is 1. The van der Waals surface area contributed by atoms with Gasteiger partial charge in [-0.3, -0.25) is 9.47 Å². The first-order valence-electron chi connectivity index (χ1n) is 12.0. The number of nitrogens with zero attached hydrogens (tertiary/aromatic N) is 7. The minimum Gasteiger partial charge on any atom is -0.464 e. The molecule has 3 heterocycles. The van der Waals surface area contributed by atoms with Gasteiger partial charge < -0.3 is 9.64 Å². The molecule has 0 N–H and O–H groups in total. The van der Waals surface area contributed by atoms with Crippen LogP contribution in [0.1, 0.15) is 38.7 Å². The van der Waals surface area contributed by atoms with Crippen molar-refractivity contribution in [3.8, 4) is 17.4 Å². The average Bonchev–Trinajstić information content (AvgIpc) is 3.21. The number of halogens is 3. The number of rotatable bonds is 7. The van der Waals surface area contributed by atoms with Crippen molar-refractivity contribution in [2.75, 3.05) is 44.2 Å². The molecule has 1 fully saturated rings. The lowest BCUT2D eigenvalue weighted by atomic mass is 9.95. The summed E-state index contributed by atoms with van der Waals surface area (Å²) < 4.78 is 48.0. The predicted molar refractivity (Wildman–Crippen MR) is 131 cm³/mol. The van der Waals surface area contributed by atoms with Gasteiger partial charge in [-0.1, -0.05) is 56.2 Å². The Morgan fingerprint density at radius 1 is 0.944 bits per heavy atom. The lowest BCUT2D eigenvalue weighted by Gasteiger charge is -2.36. The maximum absolute atomic E-state index is 13.4. The number of anilines is 1. The minimum atomic E-state index is -4.51. The van der Waals surface area contributed by atoms with E-state index in [0.717, 1.165) is 43.5 Å². The Balaban J connectivity index is 1.28. The Kier molecular flexibility index (Phi) is 7.49. The van der Waals surface area contributed by atoms with E-state index < -0.39 is 17.3 Å². The van der Waals surface area contributed by atoms with Crippen LogP contribution in [0.15, 0.2) is 36.4 Å². The lowest BCUT2D eigenvalue weighted by molar-refractivity contribution is -0.141. The SMILES string of the molecule is Cn1c(OCCCN2CCN(c3cc(C(F)(F)F)nc(C(C)(C)C)n3)CC2)nnc1-c1ccccc1. The summed E-state index contributed by atoms with van der Waals surface area (Å²) in [6.07, 6.45) is -3.71. The van der Waals surface area contributed by atoms with Gasteiger partial charge in [0.25, 0.3) is 0 Å². The lowest BCUT2D eigenvalue weighted by Crippen LogP contribution is -2.47. The highest BCUT2D eigenvalue weighted by atomic mass is 19.4. The zero-order valence-electron chi connectivity index (χ0n) is 21.1. The van der Waals surface area contributed by atoms with Gasteiger partial charge >= 0.3 is 12.2 Å². The molecule has 4 rings (SSSR count). The summed E-state index contributed by atoms with van der Waals surface area (Å²) in [4.78, 5) is 12.4. The summed E-state index contributed by atoms with van der Waals surface area (Å²) in [6.45, 7) is 9.43. The third-order valence-corrected chi connectivity index (χ3v) is 6.09. The smallest absolute Gasteiger partial charge is 0.433 e. The molecule has 1 aliphatic rings. The summed E-state index contributed by atoms with van der Waals surface area (Å²) in [5, 5.41) is 8.37. The highest BCUT2D eigenvalue weighted by Gasteiger charge is 2.36. The number of hydrogen-bond donors (Lipinski definition) is 0. The van der Waals surface area contributed by atoms with Crippen LogP contribution >= 0.6 is 0 Å². The molecule has 2 aromatic heterocycles. The number of alkyl halides is 3. The summed E-state index contributed by atoms with van der Waals surface area (Å²) in [5.74, 6) is 1.28. The van der Waals surface area contributed by atoms with Gasteiger partial charge in [0.15, 0.2) is 5.82 Å². The number of benzene rings is 1. The van der Waals surface area contributed by atoms with Crippen molar-refractivity contribution in [1.82, 2.24) is 29.6 Å². The van der Waals surface area contributed by atoms with E-state index in [1.54, 1.807) is 0 Å². The van der Waals surface area contributed by atoms with Crippen molar-refractivity contribution in [1.29, 1.82) is 0 Å². The molecule has 8 nitrogen and oxygen atoms in total. The van der Waals surface area contributed by atoms with Crippen molar-refractivity contribution in [3.05, 3.63) is 47.9 Å². The van der Waals surface area contributed by atoms with Gasteiger partial charge in [-0.2, -0.15) is 13.2 Å². The molecule has 0 amide bonds. The molecule has 0 spiro atoms. The highest BCUT2D eigenvalue weighted by Crippen LogP contribution is 2.32. The van der Waals surface area contributed by atoms with Crippen LogP contribution in [0.5, 0.6) is 6.01 Å². The van der Waals surface area contributed by atoms with Gasteiger partial charge in [0.1, 0.15) is 17.3 Å². The van der Waals surface area contributed by atoms with Crippen LogP contribution in [-0.2, 0) is 18.6 Å². The van der Waals surface area contributed by atoms with E-state index in [4.69, 9.17) is 4.74 Å². The second-order valence-electron chi connectivity index (χ2n) is 9.94. The largest absolute Gasteiger partial charge is 0.464 e. The number of ether oxygens (including phenoxy) is 1. The highest BCUT2D eigenvalue weighted by molar-refractivity contribution is 5.55. The standard InChI is InChI=1S/C25H32F3N7O/c1-24(2,3)22-29-19(25(26,27)28)17-20(30-22)35-14-12-34(13-15-35)11-8-16-36-23-32-31-21(33(23)4)18-9-6-5-7-10-18/h5-7,9-10,17H,8,11-16H2,1-4H3. The fourth-order valence-electron chi connectivity index (χ4n) is 4.01. The van der Waals surface area contributed by atoms with Gasteiger partial charge in [0.05, 0.1) is 6.61 Å². The first-order valence-corrected chi connectivity index (χ1v) is 12.0. The van der Waals surface area contributed by atoms with Crippen LogP contribution in [0.2, 0.25) is 0 Å². The van der Waals surface area contributed by atoms with Gasteiger partial charge in [-0.15, -0.1) is 5.10 Å². The molecule has 0 radical (unpaired) electrons. The predicted octanol–water partition coefficient (Wildman–Crippen LogP) is 4.18. The molecule has 1 aliphatic heterocycles. The second-order valence-corrected chi connectivity index (χ2v) is 9.94. The van der Waals surface area contributed by atoms with Crippen LogP contribution in [-0.4, -0.2) is 69.0 Å². The Hall–Kier alpha value is -3.21. The van der Waals surface area contributed by atoms with E-state index in [2.05, 4.69) is 25.1 Å². The second kappa shape index (κ2) is 10.4. The van der Waals surface area contributed by atoms with Crippen molar-refractivity contribution in [2.45, 2.75) is 38.8 Å². The third kappa shape index (κ3) is 6.13. The van der Waals surface area contributed by atoms with Crippen LogP contribution in [0, 0.1) is 0 Å². The average molecular weight is 504 g/mol.